The molecule has 1 aliphatic heterocycles. The van der Waals surface area contributed by atoms with Crippen molar-refractivity contribution < 1.29 is 18.7 Å². The molecule has 0 unspecified atom stereocenters. The zero-order valence-electron chi connectivity index (χ0n) is 15.9. The van der Waals surface area contributed by atoms with Crippen LogP contribution in [0.5, 0.6) is 0 Å². The predicted octanol–water partition coefficient (Wildman–Crippen LogP) is 2.37. The third kappa shape index (κ3) is 5.37. The molecule has 6 nitrogen and oxygen atoms in total. The minimum atomic E-state index is -0.341. The lowest BCUT2D eigenvalue weighted by Gasteiger charge is -2.34. The van der Waals surface area contributed by atoms with Crippen molar-refractivity contribution in [2.45, 2.75) is 6.61 Å². The van der Waals surface area contributed by atoms with E-state index in [-0.39, 0.29) is 24.2 Å². The van der Waals surface area contributed by atoms with Gasteiger partial charge in [-0.15, -0.1) is 0 Å². The topological polar surface area (TPSA) is 61.9 Å². The van der Waals surface area contributed by atoms with E-state index in [1.54, 1.807) is 12.0 Å². The van der Waals surface area contributed by atoms with Crippen LogP contribution in [0.25, 0.3) is 0 Å². The van der Waals surface area contributed by atoms with E-state index in [9.17, 15) is 14.0 Å². The maximum absolute atomic E-state index is 12.9. The minimum absolute atomic E-state index is 0.00614. The number of piperazine rings is 1. The normalized spacial score (nSPS) is 14.7. The van der Waals surface area contributed by atoms with Gasteiger partial charge < -0.3 is 15.0 Å². The van der Waals surface area contributed by atoms with Gasteiger partial charge in [0.25, 0.3) is 5.91 Å². The largest absolute Gasteiger partial charge is 0.380 e. The van der Waals surface area contributed by atoms with E-state index in [4.69, 9.17) is 4.74 Å². The van der Waals surface area contributed by atoms with Gasteiger partial charge in [0.1, 0.15) is 5.82 Å². The van der Waals surface area contributed by atoms with E-state index in [0.29, 0.717) is 44.0 Å². The lowest BCUT2D eigenvalue weighted by molar-refractivity contribution is -0.117. The predicted molar refractivity (Wildman–Crippen MR) is 105 cm³/mol. The minimum Gasteiger partial charge on any atom is -0.380 e. The van der Waals surface area contributed by atoms with Gasteiger partial charge in [0, 0.05) is 44.5 Å². The fraction of sp³-hybridized carbons (Fsp3) is 0.333. The van der Waals surface area contributed by atoms with Crippen molar-refractivity contribution in [1.82, 2.24) is 9.80 Å². The van der Waals surface area contributed by atoms with Gasteiger partial charge in [-0.1, -0.05) is 12.1 Å². The summed E-state index contributed by atoms with van der Waals surface area (Å²) in [6, 6.07) is 13.1. The summed E-state index contributed by atoms with van der Waals surface area (Å²) in [4.78, 5) is 28.7. The van der Waals surface area contributed by atoms with E-state index >= 15 is 0 Å². The van der Waals surface area contributed by atoms with Crippen molar-refractivity contribution in [3.63, 3.8) is 0 Å². The molecule has 3 rings (SSSR count). The van der Waals surface area contributed by atoms with E-state index in [0.717, 1.165) is 5.56 Å². The Morgan fingerprint density at radius 2 is 1.79 bits per heavy atom. The number of hydrogen-bond donors (Lipinski definition) is 1. The molecular weight excluding hydrogens is 361 g/mol. The highest BCUT2D eigenvalue weighted by Crippen LogP contribution is 2.12. The van der Waals surface area contributed by atoms with Gasteiger partial charge >= 0.3 is 0 Å². The van der Waals surface area contributed by atoms with Crippen LogP contribution in [0, 0.1) is 5.82 Å². The van der Waals surface area contributed by atoms with Crippen LogP contribution in [0.2, 0.25) is 0 Å². The van der Waals surface area contributed by atoms with Gasteiger partial charge in [-0.05, 0) is 42.0 Å². The molecule has 28 heavy (non-hydrogen) atoms. The molecule has 1 fully saturated rings. The molecule has 0 saturated carbocycles. The smallest absolute Gasteiger partial charge is 0.253 e. The van der Waals surface area contributed by atoms with Crippen molar-refractivity contribution >= 4 is 17.5 Å². The lowest BCUT2D eigenvalue weighted by atomic mass is 10.1. The van der Waals surface area contributed by atoms with Crippen molar-refractivity contribution in [1.29, 1.82) is 0 Å². The van der Waals surface area contributed by atoms with E-state index in [1.165, 1.54) is 24.3 Å². The molecular formula is C21H24FN3O3. The third-order valence-electron chi connectivity index (χ3n) is 4.64. The highest BCUT2D eigenvalue weighted by molar-refractivity contribution is 5.94. The maximum atomic E-state index is 12.9. The molecule has 1 N–H and O–H groups in total. The standard InChI is InChI=1S/C21H24FN3O3/c1-28-15-16-3-2-4-17(13-16)21(27)25-11-9-24(10-12-25)14-20(26)23-19-7-5-18(22)6-8-19/h2-8,13H,9-12,14-15H2,1H3,(H,23,26). The Bertz CT molecular complexity index is 818. The average molecular weight is 385 g/mol. The first-order chi connectivity index (χ1) is 13.5. The van der Waals surface area contributed by atoms with Gasteiger partial charge in [0.15, 0.2) is 0 Å². The Balaban J connectivity index is 1.48. The second kappa shape index (κ2) is 9.43. The summed E-state index contributed by atoms with van der Waals surface area (Å²) in [6.45, 7) is 3.09. The summed E-state index contributed by atoms with van der Waals surface area (Å²) in [5.74, 6) is -0.501. The number of hydrogen-bond acceptors (Lipinski definition) is 4. The number of ether oxygens (including phenoxy) is 1. The van der Waals surface area contributed by atoms with E-state index in [2.05, 4.69) is 5.32 Å². The van der Waals surface area contributed by atoms with Crippen molar-refractivity contribution in [2.75, 3.05) is 45.2 Å². The third-order valence-corrected chi connectivity index (χ3v) is 4.64. The lowest BCUT2D eigenvalue weighted by Crippen LogP contribution is -2.50. The summed E-state index contributed by atoms with van der Waals surface area (Å²) in [6.07, 6.45) is 0. The van der Waals surface area contributed by atoms with Crippen molar-refractivity contribution in [2.24, 2.45) is 0 Å². The maximum Gasteiger partial charge on any atom is 0.253 e. The Kier molecular flexibility index (Phi) is 6.73. The zero-order chi connectivity index (χ0) is 19.9. The first kappa shape index (κ1) is 20.0. The van der Waals surface area contributed by atoms with Crippen LogP contribution in [-0.2, 0) is 16.1 Å². The number of amides is 2. The second-order valence-electron chi connectivity index (χ2n) is 6.76. The molecule has 148 valence electrons. The van der Waals surface area contributed by atoms with Crippen LogP contribution in [0.4, 0.5) is 10.1 Å². The number of methoxy groups -OCH3 is 1. The highest BCUT2D eigenvalue weighted by Gasteiger charge is 2.23. The molecule has 0 atom stereocenters. The number of carbonyl (C=O) groups is 2. The number of nitrogens with zero attached hydrogens (tertiary/aromatic N) is 2. The highest BCUT2D eigenvalue weighted by atomic mass is 19.1. The Morgan fingerprint density at radius 3 is 2.46 bits per heavy atom. The number of halogens is 1. The van der Waals surface area contributed by atoms with E-state index < -0.39 is 0 Å². The molecule has 1 saturated heterocycles. The van der Waals surface area contributed by atoms with Crippen LogP contribution in [-0.4, -0.2) is 61.4 Å². The van der Waals surface area contributed by atoms with Crippen molar-refractivity contribution in [3.05, 3.63) is 65.5 Å². The summed E-state index contributed by atoms with van der Waals surface area (Å²) in [5, 5.41) is 2.75. The average Bonchev–Trinajstić information content (AvgIpc) is 2.70. The van der Waals surface area contributed by atoms with Crippen LogP contribution < -0.4 is 5.32 Å². The molecule has 0 aromatic heterocycles. The molecule has 0 bridgehead atoms. The molecule has 0 aliphatic carbocycles. The summed E-state index contributed by atoms with van der Waals surface area (Å²) >= 11 is 0. The van der Waals surface area contributed by atoms with Crippen LogP contribution in [0.3, 0.4) is 0 Å². The summed E-state index contributed by atoms with van der Waals surface area (Å²) in [5.41, 5.74) is 2.18. The van der Waals surface area contributed by atoms with Gasteiger partial charge in [0.2, 0.25) is 5.91 Å². The summed E-state index contributed by atoms with van der Waals surface area (Å²) < 4.78 is 18.0. The quantitative estimate of drug-likeness (QED) is 0.829. The first-order valence-electron chi connectivity index (χ1n) is 9.20. The van der Waals surface area contributed by atoms with Gasteiger partial charge in [-0.2, -0.15) is 0 Å². The van der Waals surface area contributed by atoms with Gasteiger partial charge in [-0.25, -0.2) is 4.39 Å². The first-order valence-corrected chi connectivity index (χ1v) is 9.20. The van der Waals surface area contributed by atoms with Crippen LogP contribution in [0.15, 0.2) is 48.5 Å². The fourth-order valence-electron chi connectivity index (χ4n) is 3.19. The van der Waals surface area contributed by atoms with Crippen LogP contribution >= 0.6 is 0 Å². The molecule has 0 radical (unpaired) electrons. The molecule has 0 spiro atoms. The molecule has 2 aromatic carbocycles. The molecule has 2 amide bonds. The van der Waals surface area contributed by atoms with Crippen LogP contribution in [0.1, 0.15) is 15.9 Å². The monoisotopic (exact) mass is 385 g/mol. The van der Waals surface area contributed by atoms with Crippen molar-refractivity contribution in [3.8, 4) is 0 Å². The molecule has 7 heteroatoms. The summed E-state index contributed by atoms with van der Waals surface area (Å²) in [7, 11) is 1.62. The number of benzene rings is 2. The second-order valence-corrected chi connectivity index (χ2v) is 6.76. The zero-order valence-corrected chi connectivity index (χ0v) is 15.9. The fourth-order valence-corrected chi connectivity index (χ4v) is 3.19. The Morgan fingerprint density at radius 1 is 1.07 bits per heavy atom. The molecule has 2 aromatic rings. The number of nitrogens with one attached hydrogen (secondary N) is 1. The molecule has 1 aliphatic rings. The number of carbonyl (C=O) groups excluding carboxylic acids is 2. The Hall–Kier alpha value is -2.77. The van der Waals surface area contributed by atoms with E-state index in [1.807, 2.05) is 29.2 Å². The van der Waals surface area contributed by atoms with Gasteiger partial charge in [0.05, 0.1) is 13.2 Å². The van der Waals surface area contributed by atoms with Gasteiger partial charge in [-0.3, -0.25) is 14.5 Å². The molecule has 1 heterocycles. The SMILES string of the molecule is COCc1cccc(C(=O)N2CCN(CC(=O)Nc3ccc(F)cc3)CC2)c1. The number of anilines is 1. The number of rotatable bonds is 6. The Labute approximate surface area is 163 Å².